The van der Waals surface area contributed by atoms with Gasteiger partial charge in [-0.25, -0.2) is 0 Å². The summed E-state index contributed by atoms with van der Waals surface area (Å²) in [6, 6.07) is 12.7. The van der Waals surface area contributed by atoms with Crippen LogP contribution in [0.1, 0.15) is 24.8 Å². The van der Waals surface area contributed by atoms with E-state index in [9.17, 15) is 4.79 Å². The fourth-order valence-corrected chi connectivity index (χ4v) is 4.64. The van der Waals surface area contributed by atoms with Gasteiger partial charge in [0.25, 0.3) is 0 Å². The number of benzene rings is 1. The smallest absolute Gasteiger partial charge is 0.244 e. The Balaban J connectivity index is 1.19. The van der Waals surface area contributed by atoms with Crippen molar-refractivity contribution in [2.24, 2.45) is 11.8 Å². The lowest BCUT2D eigenvalue weighted by molar-refractivity contribution is -0.133. The molecule has 1 amide bonds. The summed E-state index contributed by atoms with van der Waals surface area (Å²) in [5, 5.41) is 4.14. The zero-order valence-electron chi connectivity index (χ0n) is 16.0. The Kier molecular flexibility index (Phi) is 5.87. The van der Waals surface area contributed by atoms with Gasteiger partial charge in [-0.15, -0.1) is 0 Å². The van der Waals surface area contributed by atoms with Gasteiger partial charge >= 0.3 is 0 Å². The van der Waals surface area contributed by atoms with E-state index in [-0.39, 0.29) is 5.91 Å². The van der Waals surface area contributed by atoms with Crippen molar-refractivity contribution in [3.63, 3.8) is 0 Å². The third kappa shape index (κ3) is 4.78. The molecular formula is C22H30N4O. The fraction of sp³-hybridized carbons (Fsp3) is 0.545. The van der Waals surface area contributed by atoms with Crippen LogP contribution in [0.15, 0.2) is 48.8 Å². The summed E-state index contributed by atoms with van der Waals surface area (Å²) in [5.41, 5.74) is 1.44. The van der Waals surface area contributed by atoms with Crippen molar-refractivity contribution in [2.45, 2.75) is 32.2 Å². The molecule has 2 fully saturated rings. The number of carbonyl (C=O) groups is 1. The molecule has 0 N–H and O–H groups in total. The van der Waals surface area contributed by atoms with E-state index >= 15 is 0 Å². The van der Waals surface area contributed by atoms with Crippen molar-refractivity contribution < 1.29 is 4.79 Å². The topological polar surface area (TPSA) is 41.4 Å². The molecule has 2 saturated heterocycles. The Labute approximate surface area is 162 Å². The van der Waals surface area contributed by atoms with E-state index in [2.05, 4.69) is 40.3 Å². The highest BCUT2D eigenvalue weighted by Gasteiger charge is 2.32. The van der Waals surface area contributed by atoms with Crippen molar-refractivity contribution in [1.82, 2.24) is 19.6 Å². The van der Waals surface area contributed by atoms with Gasteiger partial charge in [-0.3, -0.25) is 9.48 Å². The monoisotopic (exact) mass is 366 g/mol. The SMILES string of the molecule is O=C(Cn1cccn1)N1CCC([C@H]2CCN(CCc3ccccc3)C2)CC1. The van der Waals surface area contributed by atoms with Gasteiger partial charge < -0.3 is 9.80 Å². The first-order chi connectivity index (χ1) is 13.3. The molecule has 5 heteroatoms. The van der Waals surface area contributed by atoms with Crippen molar-refractivity contribution in [2.75, 3.05) is 32.7 Å². The third-order valence-electron chi connectivity index (χ3n) is 6.28. The predicted octanol–water partition coefficient (Wildman–Crippen LogP) is 2.69. The standard InChI is InChI=1S/C22H30N4O/c27-22(18-26-12-4-11-23-26)25-15-9-20(10-16-25)21-8-14-24(17-21)13-7-19-5-2-1-3-6-19/h1-6,11-12,20-21H,7-10,13-18H2/t21-/m0/s1. The van der Waals surface area contributed by atoms with Crippen LogP contribution in [0.5, 0.6) is 0 Å². The maximum atomic E-state index is 12.4. The van der Waals surface area contributed by atoms with Gasteiger partial charge in [0.15, 0.2) is 0 Å². The Morgan fingerprint density at radius 3 is 2.52 bits per heavy atom. The molecule has 0 bridgehead atoms. The van der Waals surface area contributed by atoms with Crippen LogP contribution in [-0.4, -0.2) is 58.2 Å². The Bertz CT molecular complexity index is 707. The number of carbonyl (C=O) groups excluding carboxylic acids is 1. The van der Waals surface area contributed by atoms with Crippen molar-refractivity contribution in [3.05, 3.63) is 54.4 Å². The van der Waals surface area contributed by atoms with Gasteiger partial charge in [-0.05, 0) is 55.7 Å². The first-order valence-electron chi connectivity index (χ1n) is 10.3. The van der Waals surface area contributed by atoms with Crippen molar-refractivity contribution in [3.8, 4) is 0 Å². The van der Waals surface area contributed by atoms with Crippen molar-refractivity contribution >= 4 is 5.91 Å². The average molecular weight is 367 g/mol. The number of rotatable bonds is 6. The minimum absolute atomic E-state index is 0.202. The fourth-order valence-electron chi connectivity index (χ4n) is 4.64. The number of aromatic nitrogens is 2. The van der Waals surface area contributed by atoms with Crippen LogP contribution in [0.25, 0.3) is 0 Å². The van der Waals surface area contributed by atoms with Crippen LogP contribution in [0.3, 0.4) is 0 Å². The quantitative estimate of drug-likeness (QED) is 0.789. The summed E-state index contributed by atoms with van der Waals surface area (Å²) < 4.78 is 1.72. The maximum absolute atomic E-state index is 12.4. The first-order valence-corrected chi connectivity index (χ1v) is 10.3. The average Bonchev–Trinajstić information content (AvgIpc) is 3.39. The first kappa shape index (κ1) is 18.2. The Morgan fingerprint density at radius 2 is 1.78 bits per heavy atom. The largest absolute Gasteiger partial charge is 0.341 e. The van der Waals surface area contributed by atoms with Gasteiger partial charge in [0.2, 0.25) is 5.91 Å². The second-order valence-corrected chi connectivity index (χ2v) is 8.01. The summed E-state index contributed by atoms with van der Waals surface area (Å²) in [6.45, 7) is 5.82. The van der Waals surface area contributed by atoms with E-state index in [0.717, 1.165) is 44.2 Å². The van der Waals surface area contributed by atoms with E-state index < -0.39 is 0 Å². The number of hydrogen-bond donors (Lipinski definition) is 0. The van der Waals surface area contributed by atoms with Crippen LogP contribution in [-0.2, 0) is 17.8 Å². The highest BCUT2D eigenvalue weighted by atomic mass is 16.2. The summed E-state index contributed by atoms with van der Waals surface area (Å²) in [7, 11) is 0. The van der Waals surface area contributed by atoms with Crippen molar-refractivity contribution in [1.29, 1.82) is 0 Å². The minimum atomic E-state index is 0.202. The summed E-state index contributed by atoms with van der Waals surface area (Å²) in [4.78, 5) is 17.1. The number of amides is 1. The van der Waals surface area contributed by atoms with Gasteiger partial charge in [0.1, 0.15) is 6.54 Å². The van der Waals surface area contributed by atoms with Gasteiger partial charge in [0, 0.05) is 38.6 Å². The molecule has 0 spiro atoms. The lowest BCUT2D eigenvalue weighted by Crippen LogP contribution is -2.42. The normalized spacial score (nSPS) is 21.6. The van der Waals surface area contributed by atoms with Crippen LogP contribution >= 0.6 is 0 Å². The van der Waals surface area contributed by atoms with Crippen LogP contribution < -0.4 is 0 Å². The lowest BCUT2D eigenvalue weighted by Gasteiger charge is -2.35. The second kappa shape index (κ2) is 8.70. The van der Waals surface area contributed by atoms with Crippen LogP contribution in [0, 0.1) is 11.8 Å². The molecule has 5 nitrogen and oxygen atoms in total. The van der Waals surface area contributed by atoms with E-state index in [4.69, 9.17) is 0 Å². The number of nitrogens with zero attached hydrogens (tertiary/aromatic N) is 4. The third-order valence-corrected chi connectivity index (χ3v) is 6.28. The van der Waals surface area contributed by atoms with E-state index in [0.29, 0.717) is 6.54 Å². The Hall–Kier alpha value is -2.14. The molecular weight excluding hydrogens is 336 g/mol. The number of piperidine rings is 1. The molecule has 1 atom stereocenters. The molecule has 1 aromatic heterocycles. The molecule has 4 rings (SSSR count). The Morgan fingerprint density at radius 1 is 1.00 bits per heavy atom. The zero-order chi connectivity index (χ0) is 18.5. The molecule has 0 unspecified atom stereocenters. The summed E-state index contributed by atoms with van der Waals surface area (Å²) in [5.74, 6) is 1.79. The minimum Gasteiger partial charge on any atom is -0.341 e. The summed E-state index contributed by atoms with van der Waals surface area (Å²) in [6.07, 6.45) is 8.36. The second-order valence-electron chi connectivity index (χ2n) is 8.01. The molecule has 3 heterocycles. The molecule has 0 aliphatic carbocycles. The molecule has 2 aromatic rings. The van der Waals surface area contributed by atoms with Gasteiger partial charge in [-0.2, -0.15) is 5.10 Å². The molecule has 1 aromatic carbocycles. The zero-order valence-corrected chi connectivity index (χ0v) is 16.0. The molecule has 2 aliphatic heterocycles. The lowest BCUT2D eigenvalue weighted by atomic mass is 9.84. The predicted molar refractivity (Wildman–Crippen MR) is 106 cm³/mol. The molecule has 0 radical (unpaired) electrons. The van der Waals surface area contributed by atoms with Crippen LogP contribution in [0.4, 0.5) is 0 Å². The van der Waals surface area contributed by atoms with E-state index in [1.54, 1.807) is 10.9 Å². The number of likely N-dealkylation sites (tertiary alicyclic amines) is 2. The molecule has 0 saturated carbocycles. The highest BCUT2D eigenvalue weighted by molar-refractivity contribution is 5.75. The highest BCUT2D eigenvalue weighted by Crippen LogP contribution is 2.32. The maximum Gasteiger partial charge on any atom is 0.244 e. The van der Waals surface area contributed by atoms with Crippen LogP contribution in [0.2, 0.25) is 0 Å². The molecule has 27 heavy (non-hydrogen) atoms. The van der Waals surface area contributed by atoms with Gasteiger partial charge in [-0.1, -0.05) is 30.3 Å². The van der Waals surface area contributed by atoms with Gasteiger partial charge in [0.05, 0.1) is 0 Å². The number of hydrogen-bond acceptors (Lipinski definition) is 3. The molecule has 144 valence electrons. The van der Waals surface area contributed by atoms with E-state index in [1.165, 1.54) is 31.6 Å². The molecule has 2 aliphatic rings. The van der Waals surface area contributed by atoms with E-state index in [1.807, 2.05) is 17.2 Å². The summed E-state index contributed by atoms with van der Waals surface area (Å²) >= 11 is 0.